The quantitative estimate of drug-likeness (QED) is 0.181. The molecule has 0 radical (unpaired) electrons. The largest absolute Gasteiger partial charge is 0.488 e. The fraction of sp³-hybridized carbons (Fsp3) is 0.276. The van der Waals surface area contributed by atoms with E-state index in [2.05, 4.69) is 15.6 Å². The van der Waals surface area contributed by atoms with Crippen molar-refractivity contribution in [3.8, 4) is 5.75 Å². The summed E-state index contributed by atoms with van der Waals surface area (Å²) in [7, 11) is 0. The minimum absolute atomic E-state index is 0.0447. The molecule has 1 saturated heterocycles. The van der Waals surface area contributed by atoms with Gasteiger partial charge in [-0.15, -0.1) is 0 Å². The Hall–Kier alpha value is -4.48. The SMILES string of the molecule is NC(N)=Nc1ccc(C[C@H](N)C(=O)Nc2ccc(C(=O)NCC3CCOC3)c(OCc3ccc(F)cc3)c2)cc1. The second-order valence-electron chi connectivity index (χ2n) is 9.57. The van der Waals surface area contributed by atoms with Gasteiger partial charge in [0.25, 0.3) is 5.91 Å². The van der Waals surface area contributed by atoms with Crippen LogP contribution in [-0.4, -0.2) is 43.6 Å². The maximum atomic E-state index is 13.3. The average molecular weight is 549 g/mol. The smallest absolute Gasteiger partial charge is 0.255 e. The molecule has 10 nitrogen and oxygen atoms in total. The summed E-state index contributed by atoms with van der Waals surface area (Å²) in [4.78, 5) is 29.8. The van der Waals surface area contributed by atoms with Crippen LogP contribution in [0.15, 0.2) is 71.7 Å². The Kier molecular flexibility index (Phi) is 9.66. The van der Waals surface area contributed by atoms with Gasteiger partial charge < -0.3 is 37.3 Å². The van der Waals surface area contributed by atoms with Crippen molar-refractivity contribution in [2.75, 3.05) is 25.1 Å². The minimum Gasteiger partial charge on any atom is -0.488 e. The molecule has 1 aliphatic heterocycles. The number of amides is 2. The lowest BCUT2D eigenvalue weighted by molar-refractivity contribution is -0.117. The van der Waals surface area contributed by atoms with Gasteiger partial charge in [-0.3, -0.25) is 9.59 Å². The topological polar surface area (TPSA) is 167 Å². The summed E-state index contributed by atoms with van der Waals surface area (Å²) < 4.78 is 24.6. The third-order valence-electron chi connectivity index (χ3n) is 6.36. The Labute approximate surface area is 231 Å². The monoisotopic (exact) mass is 548 g/mol. The molecule has 4 rings (SSSR count). The van der Waals surface area contributed by atoms with Crippen LogP contribution in [0.25, 0.3) is 0 Å². The second kappa shape index (κ2) is 13.5. The maximum Gasteiger partial charge on any atom is 0.255 e. The van der Waals surface area contributed by atoms with Crippen LogP contribution < -0.4 is 32.6 Å². The molecule has 1 unspecified atom stereocenters. The Morgan fingerprint density at radius 3 is 2.45 bits per heavy atom. The van der Waals surface area contributed by atoms with Gasteiger partial charge >= 0.3 is 0 Å². The first kappa shape index (κ1) is 28.5. The van der Waals surface area contributed by atoms with Crippen LogP contribution in [0.5, 0.6) is 5.75 Å². The number of hydrogen-bond donors (Lipinski definition) is 5. The zero-order valence-corrected chi connectivity index (χ0v) is 21.9. The van der Waals surface area contributed by atoms with Gasteiger partial charge in [0, 0.05) is 30.8 Å². The number of guanidine groups is 1. The van der Waals surface area contributed by atoms with Crippen molar-refractivity contribution >= 4 is 29.1 Å². The van der Waals surface area contributed by atoms with Gasteiger partial charge in [-0.1, -0.05) is 24.3 Å². The molecule has 1 aliphatic rings. The summed E-state index contributed by atoms with van der Waals surface area (Å²) in [6.45, 7) is 1.88. The highest BCUT2D eigenvalue weighted by atomic mass is 19.1. The Morgan fingerprint density at radius 1 is 1.05 bits per heavy atom. The molecule has 0 aromatic heterocycles. The van der Waals surface area contributed by atoms with Crippen molar-refractivity contribution in [1.82, 2.24) is 5.32 Å². The molecule has 0 bridgehead atoms. The molecule has 210 valence electrons. The zero-order valence-electron chi connectivity index (χ0n) is 21.9. The lowest BCUT2D eigenvalue weighted by atomic mass is 10.1. The van der Waals surface area contributed by atoms with Gasteiger partial charge in [0.1, 0.15) is 18.2 Å². The van der Waals surface area contributed by atoms with Gasteiger partial charge in [-0.2, -0.15) is 0 Å². The average Bonchev–Trinajstić information content (AvgIpc) is 3.46. The molecule has 3 aromatic rings. The normalized spacial score (nSPS) is 15.2. The van der Waals surface area contributed by atoms with E-state index in [1.54, 1.807) is 54.6 Å². The first-order chi connectivity index (χ1) is 19.3. The number of anilines is 1. The van der Waals surface area contributed by atoms with Gasteiger partial charge in [0.2, 0.25) is 5.91 Å². The number of aliphatic imine (C=N–C) groups is 1. The molecule has 40 heavy (non-hydrogen) atoms. The lowest BCUT2D eigenvalue weighted by Gasteiger charge is -2.16. The molecule has 2 atom stereocenters. The molecule has 3 aromatic carbocycles. The minimum atomic E-state index is -0.839. The Balaban J connectivity index is 1.44. The fourth-order valence-corrected chi connectivity index (χ4v) is 4.16. The van der Waals surface area contributed by atoms with Gasteiger partial charge in [0.05, 0.1) is 23.9 Å². The first-order valence-corrected chi connectivity index (χ1v) is 12.9. The first-order valence-electron chi connectivity index (χ1n) is 12.9. The molecule has 1 heterocycles. The third-order valence-corrected chi connectivity index (χ3v) is 6.36. The van der Waals surface area contributed by atoms with Crippen molar-refractivity contribution in [2.24, 2.45) is 28.1 Å². The predicted molar refractivity (Wildman–Crippen MR) is 151 cm³/mol. The summed E-state index contributed by atoms with van der Waals surface area (Å²) in [6, 6.07) is 16.9. The number of nitrogens with zero attached hydrogens (tertiary/aromatic N) is 1. The van der Waals surface area contributed by atoms with E-state index >= 15 is 0 Å². The predicted octanol–water partition coefficient (Wildman–Crippen LogP) is 2.58. The van der Waals surface area contributed by atoms with E-state index in [-0.39, 0.29) is 42.4 Å². The van der Waals surface area contributed by atoms with E-state index in [4.69, 9.17) is 26.7 Å². The molecule has 11 heteroatoms. The van der Waals surface area contributed by atoms with E-state index in [1.165, 1.54) is 12.1 Å². The van der Waals surface area contributed by atoms with Crippen molar-refractivity contribution < 1.29 is 23.5 Å². The van der Waals surface area contributed by atoms with E-state index in [9.17, 15) is 14.0 Å². The number of carbonyl (C=O) groups excluding carboxylic acids is 2. The lowest BCUT2D eigenvalue weighted by Crippen LogP contribution is -2.37. The zero-order chi connectivity index (χ0) is 28.5. The Morgan fingerprint density at radius 2 is 1.77 bits per heavy atom. The third kappa shape index (κ3) is 8.26. The number of ether oxygens (including phenoxy) is 2. The standard InChI is InChI=1S/C29H33FN6O4/c30-21-5-1-19(2-6-21)17-40-26-14-23(9-10-24(26)27(37)34-15-20-11-12-39-16-20)35-28(38)25(31)13-18-3-7-22(8-4-18)36-29(32)33/h1-10,14,20,25H,11-13,15-17,31H2,(H,34,37)(H,35,38)(H4,32,33,36)/t20?,25-/m0/s1. The molecular weight excluding hydrogens is 515 g/mol. The summed E-state index contributed by atoms with van der Waals surface area (Å²) in [5, 5.41) is 5.72. The van der Waals surface area contributed by atoms with Crippen LogP contribution in [0.1, 0.15) is 27.9 Å². The van der Waals surface area contributed by atoms with E-state index in [0.29, 0.717) is 36.7 Å². The van der Waals surface area contributed by atoms with E-state index < -0.39 is 11.9 Å². The van der Waals surface area contributed by atoms with Crippen LogP contribution in [-0.2, 0) is 22.6 Å². The summed E-state index contributed by atoms with van der Waals surface area (Å²) in [5.41, 5.74) is 19.8. The molecule has 0 spiro atoms. The van der Waals surface area contributed by atoms with Crippen molar-refractivity contribution in [1.29, 1.82) is 0 Å². The number of carbonyl (C=O) groups is 2. The highest BCUT2D eigenvalue weighted by Gasteiger charge is 2.20. The van der Waals surface area contributed by atoms with Crippen molar-refractivity contribution in [3.63, 3.8) is 0 Å². The number of benzene rings is 3. The molecule has 2 amide bonds. The van der Waals surface area contributed by atoms with Crippen LogP contribution in [0.2, 0.25) is 0 Å². The highest BCUT2D eigenvalue weighted by Crippen LogP contribution is 2.25. The number of nitrogens with one attached hydrogen (secondary N) is 2. The molecule has 0 saturated carbocycles. The van der Waals surface area contributed by atoms with Crippen molar-refractivity contribution in [2.45, 2.75) is 25.5 Å². The number of rotatable bonds is 11. The van der Waals surface area contributed by atoms with E-state index in [1.807, 2.05) is 0 Å². The summed E-state index contributed by atoms with van der Waals surface area (Å²) in [5.74, 6) is -0.584. The fourth-order valence-electron chi connectivity index (χ4n) is 4.16. The van der Waals surface area contributed by atoms with Crippen LogP contribution in [0, 0.1) is 11.7 Å². The maximum absolute atomic E-state index is 13.3. The molecule has 0 aliphatic carbocycles. The second-order valence-corrected chi connectivity index (χ2v) is 9.57. The van der Waals surface area contributed by atoms with Gasteiger partial charge in [-0.05, 0) is 60.4 Å². The summed E-state index contributed by atoms with van der Waals surface area (Å²) in [6.07, 6.45) is 1.17. The van der Waals surface area contributed by atoms with Gasteiger partial charge in [0.15, 0.2) is 5.96 Å². The van der Waals surface area contributed by atoms with Crippen molar-refractivity contribution in [3.05, 3.63) is 89.2 Å². The molecule has 8 N–H and O–H groups in total. The van der Waals surface area contributed by atoms with Crippen LogP contribution in [0.3, 0.4) is 0 Å². The van der Waals surface area contributed by atoms with Crippen LogP contribution >= 0.6 is 0 Å². The number of hydrogen-bond acceptors (Lipinski definition) is 6. The highest BCUT2D eigenvalue weighted by molar-refractivity contribution is 5.99. The number of nitrogens with two attached hydrogens (primary N) is 3. The molecule has 1 fully saturated rings. The Bertz CT molecular complexity index is 1340. The number of halogens is 1. The molecular formula is C29H33FN6O4. The van der Waals surface area contributed by atoms with Gasteiger partial charge in [-0.25, -0.2) is 9.38 Å². The van der Waals surface area contributed by atoms with Crippen LogP contribution in [0.4, 0.5) is 15.8 Å². The summed E-state index contributed by atoms with van der Waals surface area (Å²) >= 11 is 0. The van der Waals surface area contributed by atoms with E-state index in [0.717, 1.165) is 17.5 Å².